The minimum absolute atomic E-state index is 0.183. The highest BCUT2D eigenvalue weighted by Crippen LogP contribution is 2.28. The fourth-order valence-electron chi connectivity index (χ4n) is 4.96. The van der Waals surface area contributed by atoms with Gasteiger partial charge in [0.05, 0.1) is 11.4 Å². The Morgan fingerprint density at radius 1 is 1.00 bits per heavy atom. The number of aromatic nitrogens is 2. The minimum Gasteiger partial charge on any atom is -0.322 e. The molecule has 166 valence electrons. The van der Waals surface area contributed by atoms with E-state index in [0.29, 0.717) is 5.69 Å². The van der Waals surface area contributed by atoms with Crippen LogP contribution in [0, 0.1) is 6.92 Å². The van der Waals surface area contributed by atoms with Gasteiger partial charge >= 0.3 is 0 Å². The number of rotatable bonds is 4. The highest BCUT2D eigenvalue weighted by atomic mass is 16.2. The monoisotopic (exact) mass is 430 g/mol. The summed E-state index contributed by atoms with van der Waals surface area (Å²) in [5.41, 5.74) is 4.68. The lowest BCUT2D eigenvalue weighted by atomic mass is 9.91. The third-order valence-corrected chi connectivity index (χ3v) is 7.17. The van der Waals surface area contributed by atoms with E-state index in [2.05, 4.69) is 22.3 Å². The van der Waals surface area contributed by atoms with Crippen molar-refractivity contribution >= 4 is 11.6 Å². The first kappa shape index (κ1) is 20.8. The van der Waals surface area contributed by atoms with Gasteiger partial charge in [-0.15, -0.1) is 0 Å². The van der Waals surface area contributed by atoms with Crippen LogP contribution in [0.25, 0.3) is 5.69 Å². The number of para-hydroxylation sites is 1. The van der Waals surface area contributed by atoms with E-state index in [4.69, 9.17) is 0 Å². The Hall–Kier alpha value is -3.12. The zero-order valence-electron chi connectivity index (χ0n) is 18.8. The van der Waals surface area contributed by atoms with Crippen LogP contribution < -0.4 is 10.9 Å². The molecule has 1 N–H and O–H groups in total. The Morgan fingerprint density at radius 2 is 1.72 bits per heavy atom. The van der Waals surface area contributed by atoms with Gasteiger partial charge in [-0.2, -0.15) is 0 Å². The number of carbonyl (C=O) groups excluding carboxylic acids is 1. The van der Waals surface area contributed by atoms with E-state index in [1.807, 2.05) is 43.3 Å². The maximum Gasteiger partial charge on any atom is 0.284 e. The summed E-state index contributed by atoms with van der Waals surface area (Å²) < 4.78 is 3.27. The van der Waals surface area contributed by atoms with Crippen LogP contribution in [0.1, 0.15) is 46.4 Å². The van der Waals surface area contributed by atoms with Gasteiger partial charge in [-0.1, -0.05) is 30.7 Å². The van der Waals surface area contributed by atoms with Crippen molar-refractivity contribution in [1.82, 2.24) is 14.3 Å². The van der Waals surface area contributed by atoms with Gasteiger partial charge in [0.15, 0.2) is 0 Å². The molecule has 2 aliphatic rings. The van der Waals surface area contributed by atoms with Crippen molar-refractivity contribution in [2.45, 2.75) is 45.1 Å². The first-order valence-corrected chi connectivity index (χ1v) is 11.5. The molecular weight excluding hydrogens is 400 g/mol. The highest BCUT2D eigenvalue weighted by molar-refractivity contribution is 6.05. The van der Waals surface area contributed by atoms with E-state index in [0.717, 1.165) is 43.3 Å². The fraction of sp³-hybridized carbons (Fsp3) is 0.385. The van der Waals surface area contributed by atoms with Gasteiger partial charge < -0.3 is 5.32 Å². The minimum atomic E-state index is -0.359. The molecule has 1 saturated carbocycles. The van der Waals surface area contributed by atoms with Crippen molar-refractivity contribution in [3.63, 3.8) is 0 Å². The molecule has 0 radical (unpaired) electrons. The number of amides is 1. The number of nitrogens with one attached hydrogen (secondary N) is 1. The number of benzene rings is 2. The van der Waals surface area contributed by atoms with E-state index in [1.54, 1.807) is 11.7 Å². The molecule has 3 aromatic rings. The second-order valence-electron chi connectivity index (χ2n) is 8.99. The predicted molar refractivity (Wildman–Crippen MR) is 127 cm³/mol. The van der Waals surface area contributed by atoms with Crippen LogP contribution in [0.4, 0.5) is 5.69 Å². The summed E-state index contributed by atoms with van der Waals surface area (Å²) in [6.45, 7) is 4.00. The Morgan fingerprint density at radius 3 is 2.41 bits per heavy atom. The lowest BCUT2D eigenvalue weighted by Crippen LogP contribution is -2.41. The van der Waals surface area contributed by atoms with Gasteiger partial charge in [0.2, 0.25) is 0 Å². The molecule has 1 aromatic heterocycles. The van der Waals surface area contributed by atoms with Crippen LogP contribution in [-0.4, -0.2) is 39.3 Å². The standard InChI is InChI=1S/C26H30N4O2/c1-18-24(26(32)30(28(18)2)23-7-4-3-5-8-23)25(31)27-21-12-11-19-13-15-29(22-9-6-10-22)16-14-20(19)17-21/h3-5,7-8,11-12,17,22H,6,9-10,13-16H2,1-2H3,(H,27,31). The summed E-state index contributed by atoms with van der Waals surface area (Å²) in [4.78, 5) is 28.9. The summed E-state index contributed by atoms with van der Waals surface area (Å²) in [7, 11) is 1.80. The average molecular weight is 431 g/mol. The third-order valence-electron chi connectivity index (χ3n) is 7.17. The van der Waals surface area contributed by atoms with Crippen LogP contribution in [-0.2, 0) is 19.9 Å². The van der Waals surface area contributed by atoms with Gasteiger partial charge in [0.1, 0.15) is 5.56 Å². The van der Waals surface area contributed by atoms with Crippen LogP contribution in [0.3, 0.4) is 0 Å². The van der Waals surface area contributed by atoms with Crippen molar-refractivity contribution in [1.29, 1.82) is 0 Å². The predicted octanol–water partition coefficient (Wildman–Crippen LogP) is 3.69. The molecule has 0 saturated heterocycles. The topological polar surface area (TPSA) is 59.3 Å². The van der Waals surface area contributed by atoms with Crippen LogP contribution in [0.5, 0.6) is 0 Å². The SMILES string of the molecule is Cc1c(C(=O)Nc2ccc3c(c2)CCN(C2CCC2)CC3)c(=O)n(-c2ccccc2)n1C. The molecule has 6 heteroatoms. The number of hydrogen-bond acceptors (Lipinski definition) is 3. The van der Waals surface area contributed by atoms with Crippen LogP contribution >= 0.6 is 0 Å². The fourth-order valence-corrected chi connectivity index (χ4v) is 4.96. The molecule has 2 aromatic carbocycles. The number of anilines is 1. The van der Waals surface area contributed by atoms with Gasteiger partial charge in [-0.25, -0.2) is 4.68 Å². The molecule has 6 nitrogen and oxygen atoms in total. The summed E-state index contributed by atoms with van der Waals surface area (Å²) in [6, 6.07) is 16.3. The quantitative estimate of drug-likeness (QED) is 0.687. The van der Waals surface area contributed by atoms with Crippen molar-refractivity contribution in [3.8, 4) is 5.69 Å². The van der Waals surface area contributed by atoms with Gasteiger partial charge in [-0.05, 0) is 68.0 Å². The zero-order valence-corrected chi connectivity index (χ0v) is 18.8. The molecule has 0 unspecified atom stereocenters. The Kier molecular flexibility index (Phi) is 5.47. The lowest BCUT2D eigenvalue weighted by molar-refractivity contribution is 0.102. The Balaban J connectivity index is 1.37. The molecule has 1 aliphatic heterocycles. The molecular formula is C26H30N4O2. The normalized spacial score (nSPS) is 16.8. The van der Waals surface area contributed by atoms with Gasteiger partial charge in [0, 0.05) is 31.9 Å². The molecule has 1 aliphatic carbocycles. The van der Waals surface area contributed by atoms with Gasteiger partial charge in [0.25, 0.3) is 11.5 Å². The summed E-state index contributed by atoms with van der Waals surface area (Å²) in [6.07, 6.45) is 6.07. The first-order valence-electron chi connectivity index (χ1n) is 11.5. The maximum atomic E-state index is 13.1. The van der Waals surface area contributed by atoms with Crippen molar-refractivity contribution in [2.75, 3.05) is 18.4 Å². The third kappa shape index (κ3) is 3.69. The Bertz CT molecular complexity index is 1200. The van der Waals surface area contributed by atoms with E-state index < -0.39 is 0 Å². The van der Waals surface area contributed by atoms with Crippen molar-refractivity contribution in [3.05, 3.63) is 81.3 Å². The summed E-state index contributed by atoms with van der Waals surface area (Å²) in [5, 5.41) is 2.98. The zero-order chi connectivity index (χ0) is 22.2. The second-order valence-corrected chi connectivity index (χ2v) is 8.99. The molecule has 0 bridgehead atoms. The number of nitrogens with zero attached hydrogens (tertiary/aromatic N) is 3. The van der Waals surface area contributed by atoms with E-state index in [9.17, 15) is 9.59 Å². The van der Waals surface area contributed by atoms with Crippen LogP contribution in [0.2, 0.25) is 0 Å². The number of fused-ring (bicyclic) bond motifs is 1. The summed E-state index contributed by atoms with van der Waals surface area (Å²) >= 11 is 0. The van der Waals surface area contributed by atoms with Crippen molar-refractivity contribution < 1.29 is 4.79 Å². The largest absolute Gasteiger partial charge is 0.322 e. The second kappa shape index (κ2) is 8.43. The molecule has 32 heavy (non-hydrogen) atoms. The lowest BCUT2D eigenvalue weighted by Gasteiger charge is -2.36. The van der Waals surface area contributed by atoms with E-state index in [-0.39, 0.29) is 17.0 Å². The molecule has 1 fully saturated rings. The first-order chi connectivity index (χ1) is 15.5. The average Bonchev–Trinajstić information content (AvgIpc) is 2.88. The van der Waals surface area contributed by atoms with Crippen molar-refractivity contribution in [2.24, 2.45) is 7.05 Å². The maximum absolute atomic E-state index is 13.1. The number of hydrogen-bond donors (Lipinski definition) is 1. The van der Waals surface area contributed by atoms with Crippen LogP contribution in [0.15, 0.2) is 53.3 Å². The molecule has 0 atom stereocenters. The smallest absolute Gasteiger partial charge is 0.284 e. The molecule has 5 rings (SSSR count). The van der Waals surface area contributed by atoms with E-state index >= 15 is 0 Å². The Labute approximate surface area is 188 Å². The number of carbonyl (C=O) groups is 1. The molecule has 0 spiro atoms. The molecule has 2 heterocycles. The van der Waals surface area contributed by atoms with E-state index in [1.165, 1.54) is 35.1 Å². The highest BCUT2D eigenvalue weighted by Gasteiger charge is 2.27. The summed E-state index contributed by atoms with van der Waals surface area (Å²) in [5.74, 6) is -0.359. The van der Waals surface area contributed by atoms with Gasteiger partial charge in [-0.3, -0.25) is 19.2 Å². The molecule has 1 amide bonds.